The van der Waals surface area contributed by atoms with E-state index in [1.807, 2.05) is 0 Å². The fourth-order valence-corrected chi connectivity index (χ4v) is 3.11. The van der Waals surface area contributed by atoms with Gasteiger partial charge in [-0.2, -0.15) is 0 Å². The fourth-order valence-electron chi connectivity index (χ4n) is 3.11. The van der Waals surface area contributed by atoms with Crippen LogP contribution in [0.25, 0.3) is 0 Å². The quantitative estimate of drug-likeness (QED) is 0.746. The van der Waals surface area contributed by atoms with Crippen LogP contribution in [0.15, 0.2) is 0 Å². The Labute approximate surface area is 92.0 Å². The molecule has 3 N–H and O–H groups in total. The molecule has 1 heterocycles. The van der Waals surface area contributed by atoms with E-state index in [0.717, 1.165) is 38.7 Å². The summed E-state index contributed by atoms with van der Waals surface area (Å²) in [5.74, 6) is 0. The van der Waals surface area contributed by atoms with Crippen molar-refractivity contribution in [1.82, 2.24) is 0 Å². The average molecular weight is 213 g/mol. The van der Waals surface area contributed by atoms with Gasteiger partial charge in [0.15, 0.2) is 0 Å². The van der Waals surface area contributed by atoms with Crippen molar-refractivity contribution in [2.45, 2.75) is 57.2 Å². The third kappa shape index (κ3) is 2.35. The van der Waals surface area contributed by atoms with Gasteiger partial charge in [0.2, 0.25) is 0 Å². The Kier molecular flexibility index (Phi) is 3.65. The molecule has 0 radical (unpaired) electrons. The van der Waals surface area contributed by atoms with Gasteiger partial charge in [0.1, 0.15) is 0 Å². The van der Waals surface area contributed by atoms with Crippen molar-refractivity contribution in [3.63, 3.8) is 0 Å². The maximum atomic E-state index is 10.1. The van der Waals surface area contributed by atoms with Crippen LogP contribution in [0, 0.1) is 5.41 Å². The van der Waals surface area contributed by atoms with Gasteiger partial charge in [-0.1, -0.05) is 12.8 Å². The molecule has 3 nitrogen and oxygen atoms in total. The third-order valence-electron chi connectivity index (χ3n) is 4.17. The molecule has 2 aliphatic rings. The first kappa shape index (κ1) is 11.4. The van der Waals surface area contributed by atoms with Gasteiger partial charge in [-0.3, -0.25) is 0 Å². The molecule has 1 aliphatic carbocycles. The summed E-state index contributed by atoms with van der Waals surface area (Å²) >= 11 is 0. The topological polar surface area (TPSA) is 55.5 Å². The normalized spacial score (nSPS) is 42.0. The van der Waals surface area contributed by atoms with Crippen LogP contribution >= 0.6 is 0 Å². The van der Waals surface area contributed by atoms with Gasteiger partial charge in [0.05, 0.1) is 12.2 Å². The summed E-state index contributed by atoms with van der Waals surface area (Å²) in [6.45, 7) is 1.50. The number of nitrogens with two attached hydrogens (primary N) is 1. The highest BCUT2D eigenvalue weighted by Crippen LogP contribution is 2.41. The second kappa shape index (κ2) is 4.81. The van der Waals surface area contributed by atoms with Crippen molar-refractivity contribution in [3.05, 3.63) is 0 Å². The molecule has 1 saturated heterocycles. The fraction of sp³-hybridized carbons (Fsp3) is 1.00. The molecule has 0 aromatic carbocycles. The van der Waals surface area contributed by atoms with Crippen molar-refractivity contribution in [2.75, 3.05) is 13.2 Å². The maximum Gasteiger partial charge on any atom is 0.0609 e. The predicted molar refractivity (Wildman–Crippen MR) is 59.6 cm³/mol. The Morgan fingerprint density at radius 1 is 1.27 bits per heavy atom. The van der Waals surface area contributed by atoms with Crippen molar-refractivity contribution >= 4 is 0 Å². The Hall–Kier alpha value is -0.120. The van der Waals surface area contributed by atoms with Gasteiger partial charge in [-0.05, 0) is 32.1 Å². The van der Waals surface area contributed by atoms with Crippen LogP contribution in [0.1, 0.15) is 44.9 Å². The van der Waals surface area contributed by atoms with E-state index in [1.165, 1.54) is 12.8 Å². The predicted octanol–water partition coefficient (Wildman–Crippen LogP) is 1.44. The number of hydrogen-bond donors (Lipinski definition) is 2. The molecule has 88 valence electrons. The van der Waals surface area contributed by atoms with Gasteiger partial charge >= 0.3 is 0 Å². The van der Waals surface area contributed by atoms with E-state index in [1.54, 1.807) is 0 Å². The minimum atomic E-state index is -0.208. The second-order valence-electron chi connectivity index (χ2n) is 5.17. The molecule has 2 fully saturated rings. The van der Waals surface area contributed by atoms with Gasteiger partial charge in [-0.15, -0.1) is 0 Å². The van der Waals surface area contributed by atoms with Crippen molar-refractivity contribution < 1.29 is 9.84 Å². The largest absolute Gasteiger partial charge is 0.392 e. The summed E-state index contributed by atoms with van der Waals surface area (Å²) in [5, 5.41) is 10.1. The van der Waals surface area contributed by atoms with Crippen molar-refractivity contribution in [3.8, 4) is 0 Å². The van der Waals surface area contributed by atoms with Crippen LogP contribution in [-0.2, 0) is 4.74 Å². The molecule has 0 aromatic rings. The van der Waals surface area contributed by atoms with Gasteiger partial charge in [0.25, 0.3) is 0 Å². The highest BCUT2D eigenvalue weighted by molar-refractivity contribution is 4.93. The highest BCUT2D eigenvalue weighted by atomic mass is 16.5. The van der Waals surface area contributed by atoms with Crippen molar-refractivity contribution in [1.29, 1.82) is 0 Å². The third-order valence-corrected chi connectivity index (χ3v) is 4.17. The van der Waals surface area contributed by atoms with Crippen molar-refractivity contribution in [2.24, 2.45) is 11.1 Å². The lowest BCUT2D eigenvalue weighted by atomic mass is 9.68. The zero-order valence-electron chi connectivity index (χ0n) is 9.45. The maximum absolute atomic E-state index is 10.1. The van der Waals surface area contributed by atoms with E-state index >= 15 is 0 Å². The molecule has 15 heavy (non-hydrogen) atoms. The van der Waals surface area contributed by atoms with Crippen LogP contribution in [0.4, 0.5) is 0 Å². The van der Waals surface area contributed by atoms with Crippen LogP contribution in [-0.4, -0.2) is 30.5 Å². The van der Waals surface area contributed by atoms with Crippen LogP contribution in [0.5, 0.6) is 0 Å². The summed E-state index contributed by atoms with van der Waals surface area (Å²) in [4.78, 5) is 0. The van der Waals surface area contributed by atoms with Crippen LogP contribution < -0.4 is 5.73 Å². The molecule has 1 aliphatic heterocycles. The molecular weight excluding hydrogens is 190 g/mol. The molecule has 3 heteroatoms. The molecule has 1 saturated carbocycles. The number of ether oxygens (including phenoxy) is 1. The zero-order valence-corrected chi connectivity index (χ0v) is 9.45. The van der Waals surface area contributed by atoms with E-state index in [-0.39, 0.29) is 11.5 Å². The first-order valence-corrected chi connectivity index (χ1v) is 6.26. The standard InChI is InChI=1S/C12H23NO2/c13-9-12(6-2-1-5-11(12)14)8-10-4-3-7-15-10/h10-11,14H,1-9,13H2. The summed E-state index contributed by atoms with van der Waals surface area (Å²) in [7, 11) is 0. The molecule has 0 aromatic heterocycles. The second-order valence-corrected chi connectivity index (χ2v) is 5.17. The lowest BCUT2D eigenvalue weighted by Gasteiger charge is -2.42. The Balaban J connectivity index is 1.98. The number of hydrogen-bond acceptors (Lipinski definition) is 3. The minimum absolute atomic E-state index is 0.0484. The van der Waals surface area contributed by atoms with Gasteiger partial charge in [-0.25, -0.2) is 0 Å². The molecule has 0 amide bonds. The SMILES string of the molecule is NCC1(CC2CCCO2)CCCCC1O. The number of rotatable bonds is 3. The van der Waals surface area contributed by atoms with Crippen LogP contribution in [0.2, 0.25) is 0 Å². The van der Waals surface area contributed by atoms with E-state index in [0.29, 0.717) is 12.6 Å². The monoisotopic (exact) mass is 213 g/mol. The zero-order chi connectivity index (χ0) is 10.7. The number of aliphatic hydroxyl groups excluding tert-OH is 1. The molecule has 2 rings (SSSR count). The first-order chi connectivity index (χ1) is 7.27. The lowest BCUT2D eigenvalue weighted by Crippen LogP contribution is -2.46. The highest BCUT2D eigenvalue weighted by Gasteiger charge is 2.41. The van der Waals surface area contributed by atoms with E-state index < -0.39 is 0 Å². The Morgan fingerprint density at radius 2 is 2.13 bits per heavy atom. The lowest BCUT2D eigenvalue weighted by molar-refractivity contribution is -0.0429. The van der Waals surface area contributed by atoms with Crippen LogP contribution in [0.3, 0.4) is 0 Å². The molecule has 0 bridgehead atoms. The summed E-state index contributed by atoms with van der Waals surface area (Å²) in [6.07, 6.45) is 7.77. The average Bonchev–Trinajstić information content (AvgIpc) is 2.74. The first-order valence-electron chi connectivity index (χ1n) is 6.26. The Morgan fingerprint density at radius 3 is 2.73 bits per heavy atom. The Bertz CT molecular complexity index is 204. The smallest absolute Gasteiger partial charge is 0.0609 e. The van der Waals surface area contributed by atoms with Gasteiger partial charge in [0, 0.05) is 18.6 Å². The molecule has 3 unspecified atom stereocenters. The van der Waals surface area contributed by atoms with E-state index in [4.69, 9.17) is 10.5 Å². The van der Waals surface area contributed by atoms with E-state index in [9.17, 15) is 5.11 Å². The van der Waals surface area contributed by atoms with Gasteiger partial charge < -0.3 is 15.6 Å². The summed E-state index contributed by atoms with van der Waals surface area (Å²) < 4.78 is 5.66. The van der Waals surface area contributed by atoms with E-state index in [2.05, 4.69) is 0 Å². The molecule has 3 atom stereocenters. The number of aliphatic hydroxyl groups is 1. The minimum Gasteiger partial charge on any atom is -0.392 e. The summed E-state index contributed by atoms with van der Waals surface area (Å²) in [5.41, 5.74) is 5.84. The molecule has 0 spiro atoms. The summed E-state index contributed by atoms with van der Waals surface area (Å²) in [6, 6.07) is 0. The molecular formula is C12H23NO2.